The van der Waals surface area contributed by atoms with E-state index in [1.165, 1.54) is 5.56 Å². The lowest BCUT2D eigenvalue weighted by Crippen LogP contribution is -2.48. The second-order valence-corrected chi connectivity index (χ2v) is 8.56. The minimum Gasteiger partial charge on any atom is -0.484 e. The van der Waals surface area contributed by atoms with Crippen LogP contribution in [0.2, 0.25) is 10.0 Å². The zero-order valence-electron chi connectivity index (χ0n) is 18.2. The van der Waals surface area contributed by atoms with Crippen molar-refractivity contribution in [1.82, 2.24) is 19.6 Å². The summed E-state index contributed by atoms with van der Waals surface area (Å²) >= 11 is 12.1. The standard InChI is InChI=1S/C23H26Cl2N4O3/c1-3-29-14-17(16(2)26-29)13-27-9-11-28(12-10-27)23(30)21-8-7-18(32-21)15-31-20-6-4-5-19(24)22(20)25/h4-8,14H,3,9-13,15H2,1-2H3. The van der Waals surface area contributed by atoms with Crippen LogP contribution < -0.4 is 4.74 Å². The van der Waals surface area contributed by atoms with Crippen LogP contribution in [0.25, 0.3) is 0 Å². The van der Waals surface area contributed by atoms with Gasteiger partial charge in [-0.2, -0.15) is 5.10 Å². The second-order valence-electron chi connectivity index (χ2n) is 7.77. The van der Waals surface area contributed by atoms with Gasteiger partial charge in [-0.1, -0.05) is 29.3 Å². The Bertz CT molecular complexity index is 1090. The molecule has 0 N–H and O–H groups in total. The summed E-state index contributed by atoms with van der Waals surface area (Å²) in [4.78, 5) is 17.0. The molecule has 4 rings (SSSR count). The molecule has 1 aliphatic heterocycles. The molecule has 0 spiro atoms. The highest BCUT2D eigenvalue weighted by Gasteiger charge is 2.25. The Labute approximate surface area is 197 Å². The Morgan fingerprint density at radius 3 is 2.66 bits per heavy atom. The summed E-state index contributed by atoms with van der Waals surface area (Å²) in [6, 6.07) is 8.62. The van der Waals surface area contributed by atoms with E-state index < -0.39 is 0 Å². The lowest BCUT2D eigenvalue weighted by atomic mass is 10.2. The first kappa shape index (κ1) is 22.7. The minimum absolute atomic E-state index is 0.105. The number of nitrogens with zero attached hydrogens (tertiary/aromatic N) is 4. The SMILES string of the molecule is CCn1cc(CN2CCN(C(=O)c3ccc(COc4cccc(Cl)c4Cl)o3)CC2)c(C)n1. The molecule has 1 amide bonds. The number of furan rings is 1. The smallest absolute Gasteiger partial charge is 0.289 e. The fraction of sp³-hybridized carbons (Fsp3) is 0.391. The number of carbonyl (C=O) groups excluding carboxylic acids is 1. The second kappa shape index (κ2) is 9.98. The topological polar surface area (TPSA) is 63.7 Å². The van der Waals surface area contributed by atoms with Gasteiger partial charge in [-0.05, 0) is 38.1 Å². The number of halogens is 2. The highest BCUT2D eigenvalue weighted by molar-refractivity contribution is 6.42. The minimum atomic E-state index is -0.105. The monoisotopic (exact) mass is 476 g/mol. The number of hydrogen-bond acceptors (Lipinski definition) is 5. The van der Waals surface area contributed by atoms with Crippen molar-refractivity contribution < 1.29 is 13.9 Å². The maximum Gasteiger partial charge on any atom is 0.289 e. The van der Waals surface area contributed by atoms with Gasteiger partial charge in [0.25, 0.3) is 5.91 Å². The Balaban J connectivity index is 1.29. The van der Waals surface area contributed by atoms with Crippen molar-refractivity contribution in [3.63, 3.8) is 0 Å². The summed E-state index contributed by atoms with van der Waals surface area (Å²) < 4.78 is 13.4. The molecular weight excluding hydrogens is 451 g/mol. The largest absolute Gasteiger partial charge is 0.484 e. The van der Waals surface area contributed by atoms with Crippen LogP contribution in [0, 0.1) is 6.92 Å². The number of amides is 1. The van der Waals surface area contributed by atoms with E-state index in [-0.39, 0.29) is 12.5 Å². The van der Waals surface area contributed by atoms with Crippen LogP contribution in [0.1, 0.15) is 34.5 Å². The average molecular weight is 477 g/mol. The molecule has 1 aromatic carbocycles. The molecular formula is C23H26Cl2N4O3. The van der Waals surface area contributed by atoms with Crippen LogP contribution in [0.15, 0.2) is 40.9 Å². The number of rotatable bonds is 7. The molecule has 2 aromatic heterocycles. The van der Waals surface area contributed by atoms with Gasteiger partial charge in [0.1, 0.15) is 23.1 Å². The summed E-state index contributed by atoms with van der Waals surface area (Å²) in [5.41, 5.74) is 2.30. The van der Waals surface area contributed by atoms with Crippen molar-refractivity contribution in [2.45, 2.75) is 33.5 Å². The van der Waals surface area contributed by atoms with Crippen LogP contribution in [-0.4, -0.2) is 51.7 Å². The molecule has 9 heteroatoms. The molecule has 1 aliphatic rings. The van der Waals surface area contributed by atoms with Gasteiger partial charge in [-0.3, -0.25) is 14.4 Å². The first-order valence-corrected chi connectivity index (χ1v) is 11.4. The molecule has 0 bridgehead atoms. The van der Waals surface area contributed by atoms with Gasteiger partial charge in [0.15, 0.2) is 5.76 Å². The predicted molar refractivity (Wildman–Crippen MR) is 123 cm³/mol. The van der Waals surface area contributed by atoms with Gasteiger partial charge in [-0.15, -0.1) is 0 Å². The molecule has 170 valence electrons. The van der Waals surface area contributed by atoms with Crippen molar-refractivity contribution in [3.8, 4) is 5.75 Å². The van der Waals surface area contributed by atoms with Crippen molar-refractivity contribution in [2.24, 2.45) is 0 Å². The Morgan fingerprint density at radius 2 is 1.94 bits per heavy atom. The van der Waals surface area contributed by atoms with Gasteiger partial charge >= 0.3 is 0 Å². The van der Waals surface area contributed by atoms with Crippen LogP contribution in [0.4, 0.5) is 0 Å². The molecule has 0 aliphatic carbocycles. The quantitative estimate of drug-likeness (QED) is 0.496. The summed E-state index contributed by atoms with van der Waals surface area (Å²) in [6.45, 7) is 8.94. The molecule has 7 nitrogen and oxygen atoms in total. The number of hydrogen-bond donors (Lipinski definition) is 0. The number of ether oxygens (including phenoxy) is 1. The maximum atomic E-state index is 12.9. The zero-order chi connectivity index (χ0) is 22.7. The molecule has 32 heavy (non-hydrogen) atoms. The lowest BCUT2D eigenvalue weighted by Gasteiger charge is -2.34. The third-order valence-electron chi connectivity index (χ3n) is 5.58. The summed E-state index contributed by atoms with van der Waals surface area (Å²) in [5, 5.41) is 5.29. The molecule has 3 aromatic rings. The van der Waals surface area contributed by atoms with E-state index in [9.17, 15) is 4.79 Å². The van der Waals surface area contributed by atoms with Crippen LogP contribution in [0.5, 0.6) is 5.75 Å². The molecule has 3 heterocycles. The van der Waals surface area contributed by atoms with Gasteiger partial charge < -0.3 is 14.1 Å². The van der Waals surface area contributed by atoms with Gasteiger partial charge in [-0.25, -0.2) is 0 Å². The van der Waals surface area contributed by atoms with Gasteiger partial charge in [0, 0.05) is 51.0 Å². The third-order valence-corrected chi connectivity index (χ3v) is 6.39. The third kappa shape index (κ3) is 5.11. The average Bonchev–Trinajstić information content (AvgIpc) is 3.41. The zero-order valence-corrected chi connectivity index (χ0v) is 19.7. The van der Waals surface area contributed by atoms with Crippen molar-refractivity contribution in [2.75, 3.05) is 26.2 Å². The van der Waals surface area contributed by atoms with E-state index in [1.54, 1.807) is 30.3 Å². The van der Waals surface area contributed by atoms with Crippen molar-refractivity contribution in [1.29, 1.82) is 0 Å². The highest BCUT2D eigenvalue weighted by Crippen LogP contribution is 2.32. The van der Waals surface area contributed by atoms with Gasteiger partial charge in [0.05, 0.1) is 10.7 Å². The van der Waals surface area contributed by atoms with E-state index in [4.69, 9.17) is 32.4 Å². The summed E-state index contributed by atoms with van der Waals surface area (Å²) in [7, 11) is 0. The Hall–Kier alpha value is -2.48. The lowest BCUT2D eigenvalue weighted by molar-refractivity contribution is 0.0594. The first-order valence-electron chi connectivity index (χ1n) is 10.6. The number of aromatic nitrogens is 2. The molecule has 0 radical (unpaired) electrons. The molecule has 0 unspecified atom stereocenters. The van der Waals surface area contributed by atoms with Crippen molar-refractivity contribution in [3.05, 3.63) is 69.4 Å². The van der Waals surface area contributed by atoms with E-state index >= 15 is 0 Å². The van der Waals surface area contributed by atoms with E-state index in [0.29, 0.717) is 40.4 Å². The van der Waals surface area contributed by atoms with E-state index in [1.807, 2.05) is 16.5 Å². The normalized spacial score (nSPS) is 14.7. The number of piperazine rings is 1. The van der Waals surface area contributed by atoms with E-state index in [0.717, 1.165) is 31.9 Å². The van der Waals surface area contributed by atoms with Gasteiger partial charge in [0.2, 0.25) is 0 Å². The molecule has 1 saturated heterocycles. The van der Waals surface area contributed by atoms with E-state index in [2.05, 4.69) is 23.1 Å². The fourth-order valence-electron chi connectivity index (χ4n) is 3.70. The number of benzene rings is 1. The predicted octanol–water partition coefficient (Wildman–Crippen LogP) is 4.65. The highest BCUT2D eigenvalue weighted by atomic mass is 35.5. The first-order chi connectivity index (χ1) is 15.4. The van der Waals surface area contributed by atoms with Crippen LogP contribution >= 0.6 is 23.2 Å². The molecule has 1 fully saturated rings. The summed E-state index contributed by atoms with van der Waals surface area (Å²) in [5.74, 6) is 1.23. The number of carbonyl (C=O) groups is 1. The fourth-order valence-corrected chi connectivity index (χ4v) is 4.04. The van der Waals surface area contributed by atoms with Crippen molar-refractivity contribution >= 4 is 29.1 Å². The Morgan fingerprint density at radius 1 is 1.16 bits per heavy atom. The van der Waals surface area contributed by atoms with Crippen LogP contribution in [0.3, 0.4) is 0 Å². The molecule has 0 saturated carbocycles. The molecule has 0 atom stereocenters. The Kier molecular flexibility index (Phi) is 7.08. The number of aryl methyl sites for hydroxylation is 2. The van der Waals surface area contributed by atoms with Crippen LogP contribution in [-0.2, 0) is 19.7 Å². The summed E-state index contributed by atoms with van der Waals surface area (Å²) in [6.07, 6.45) is 2.11. The maximum absolute atomic E-state index is 12.9.